The first-order valence-electron chi connectivity index (χ1n) is 7.99. The minimum absolute atomic E-state index is 0.112. The molecular weight excluding hydrogens is 328 g/mol. The van der Waals surface area contributed by atoms with E-state index in [1.807, 2.05) is 36.4 Å². The molecule has 0 aromatic heterocycles. The normalized spacial score (nSPS) is 9.81. The van der Waals surface area contributed by atoms with Gasteiger partial charge in [-0.3, -0.25) is 4.79 Å². The number of anilines is 1. The van der Waals surface area contributed by atoms with E-state index < -0.39 is 0 Å². The van der Waals surface area contributed by atoms with Gasteiger partial charge in [0.25, 0.3) is 5.91 Å². The van der Waals surface area contributed by atoms with Crippen LogP contribution in [0.4, 0.5) is 5.69 Å². The lowest BCUT2D eigenvalue weighted by Gasteiger charge is -2.09. The molecule has 26 heavy (non-hydrogen) atoms. The Bertz CT molecular complexity index is 899. The number of nitriles is 1. The summed E-state index contributed by atoms with van der Waals surface area (Å²) in [6.07, 6.45) is 0. The Morgan fingerprint density at radius 3 is 2.12 bits per heavy atom. The smallest absolute Gasteiger partial charge is 0.262 e. The summed E-state index contributed by atoms with van der Waals surface area (Å²) in [5, 5.41) is 11.5. The summed E-state index contributed by atoms with van der Waals surface area (Å²) >= 11 is 0. The van der Waals surface area contributed by atoms with Crippen molar-refractivity contribution in [1.29, 1.82) is 5.26 Å². The second kappa shape index (κ2) is 8.36. The molecule has 0 atom stereocenters. The highest BCUT2D eigenvalue weighted by Gasteiger charge is 2.05. The summed E-state index contributed by atoms with van der Waals surface area (Å²) < 4.78 is 11.2. The number of ether oxygens (including phenoxy) is 2. The van der Waals surface area contributed by atoms with E-state index in [9.17, 15) is 4.79 Å². The van der Waals surface area contributed by atoms with Crippen LogP contribution in [0.3, 0.4) is 0 Å². The number of hydrogen-bond acceptors (Lipinski definition) is 4. The fraction of sp³-hybridized carbons (Fsp3) is 0.0476. The van der Waals surface area contributed by atoms with Gasteiger partial charge in [0.2, 0.25) is 0 Å². The second-order valence-corrected chi connectivity index (χ2v) is 5.41. The largest absolute Gasteiger partial charge is 0.484 e. The highest BCUT2D eigenvalue weighted by atomic mass is 16.5. The first-order chi connectivity index (χ1) is 12.7. The number of carbonyl (C=O) groups excluding carboxylic acids is 1. The van der Waals surface area contributed by atoms with Crippen LogP contribution in [0.1, 0.15) is 5.56 Å². The number of rotatable bonds is 6. The molecule has 0 bridgehead atoms. The molecule has 0 aliphatic rings. The van der Waals surface area contributed by atoms with Crippen molar-refractivity contribution in [2.24, 2.45) is 0 Å². The number of para-hydroxylation sites is 1. The number of benzene rings is 3. The van der Waals surface area contributed by atoms with Crippen molar-refractivity contribution in [2.75, 3.05) is 11.9 Å². The molecule has 128 valence electrons. The van der Waals surface area contributed by atoms with Gasteiger partial charge in [0.15, 0.2) is 6.61 Å². The van der Waals surface area contributed by atoms with E-state index in [1.165, 1.54) is 0 Å². The van der Waals surface area contributed by atoms with Crippen LogP contribution in [0.5, 0.6) is 17.2 Å². The minimum atomic E-state index is -0.278. The van der Waals surface area contributed by atoms with Crippen molar-refractivity contribution in [3.8, 4) is 23.3 Å². The standard InChI is InChI=1S/C21H16N2O3/c22-14-16-6-8-17(9-7-16)23-21(24)15-25-18-10-12-20(13-11-18)26-19-4-2-1-3-5-19/h1-13H,15H2,(H,23,24). The van der Waals surface area contributed by atoms with Gasteiger partial charge in [-0.25, -0.2) is 0 Å². The first kappa shape index (κ1) is 17.1. The third-order valence-electron chi connectivity index (χ3n) is 3.47. The van der Waals surface area contributed by atoms with Crippen LogP contribution in [0.2, 0.25) is 0 Å². The maximum Gasteiger partial charge on any atom is 0.262 e. The zero-order valence-electron chi connectivity index (χ0n) is 13.9. The average Bonchev–Trinajstić information content (AvgIpc) is 2.69. The molecule has 1 amide bonds. The molecule has 3 aromatic rings. The van der Waals surface area contributed by atoms with E-state index in [4.69, 9.17) is 14.7 Å². The summed E-state index contributed by atoms with van der Waals surface area (Å²) in [7, 11) is 0. The number of nitrogens with zero attached hydrogens (tertiary/aromatic N) is 1. The molecule has 3 aromatic carbocycles. The molecule has 3 rings (SSSR count). The van der Waals surface area contributed by atoms with Gasteiger partial charge in [0.05, 0.1) is 11.6 Å². The Hall–Kier alpha value is -3.78. The van der Waals surface area contributed by atoms with Crippen molar-refractivity contribution in [2.45, 2.75) is 0 Å². The first-order valence-corrected chi connectivity index (χ1v) is 7.99. The highest BCUT2D eigenvalue weighted by Crippen LogP contribution is 2.23. The molecule has 5 nitrogen and oxygen atoms in total. The van der Waals surface area contributed by atoms with Crippen molar-refractivity contribution >= 4 is 11.6 Å². The molecule has 0 fully saturated rings. The Morgan fingerprint density at radius 1 is 0.846 bits per heavy atom. The van der Waals surface area contributed by atoms with Crippen LogP contribution in [0, 0.1) is 11.3 Å². The molecule has 1 N–H and O–H groups in total. The van der Waals surface area contributed by atoms with Crippen LogP contribution >= 0.6 is 0 Å². The quantitative estimate of drug-likeness (QED) is 0.721. The van der Waals surface area contributed by atoms with Crippen molar-refractivity contribution in [3.63, 3.8) is 0 Å². The van der Waals surface area contributed by atoms with Gasteiger partial charge >= 0.3 is 0 Å². The van der Waals surface area contributed by atoms with Crippen molar-refractivity contribution < 1.29 is 14.3 Å². The topological polar surface area (TPSA) is 71.4 Å². The van der Waals surface area contributed by atoms with E-state index in [2.05, 4.69) is 5.32 Å². The summed E-state index contributed by atoms with van der Waals surface area (Å²) in [6, 6.07) is 25.2. The maximum atomic E-state index is 11.9. The number of carbonyl (C=O) groups is 1. The Kier molecular flexibility index (Phi) is 5.48. The van der Waals surface area contributed by atoms with Gasteiger partial charge in [0.1, 0.15) is 17.2 Å². The predicted molar refractivity (Wildman–Crippen MR) is 98.2 cm³/mol. The fourth-order valence-corrected chi connectivity index (χ4v) is 2.20. The fourth-order valence-electron chi connectivity index (χ4n) is 2.20. The van der Waals surface area contributed by atoms with E-state index in [1.54, 1.807) is 48.5 Å². The zero-order valence-corrected chi connectivity index (χ0v) is 13.9. The molecule has 0 unspecified atom stereocenters. The maximum absolute atomic E-state index is 11.9. The van der Waals surface area contributed by atoms with Crippen LogP contribution in [0.15, 0.2) is 78.9 Å². The monoisotopic (exact) mass is 344 g/mol. The molecule has 0 saturated heterocycles. The lowest BCUT2D eigenvalue weighted by molar-refractivity contribution is -0.118. The summed E-state index contributed by atoms with van der Waals surface area (Å²) in [5.41, 5.74) is 1.15. The molecule has 0 spiro atoms. The Labute approximate surface area is 151 Å². The van der Waals surface area contributed by atoms with Gasteiger partial charge in [-0.2, -0.15) is 5.26 Å². The second-order valence-electron chi connectivity index (χ2n) is 5.41. The number of hydrogen-bond donors (Lipinski definition) is 1. The van der Waals surface area contributed by atoms with Crippen LogP contribution in [0.25, 0.3) is 0 Å². The van der Waals surface area contributed by atoms with Gasteiger partial charge in [-0.05, 0) is 60.7 Å². The SMILES string of the molecule is N#Cc1ccc(NC(=O)COc2ccc(Oc3ccccc3)cc2)cc1. The zero-order chi connectivity index (χ0) is 18.2. The van der Waals surface area contributed by atoms with E-state index in [0.29, 0.717) is 22.7 Å². The predicted octanol–water partition coefficient (Wildman–Crippen LogP) is 4.37. The Morgan fingerprint density at radius 2 is 1.46 bits per heavy atom. The molecule has 0 aliphatic carbocycles. The third-order valence-corrected chi connectivity index (χ3v) is 3.47. The number of nitrogens with one attached hydrogen (secondary N) is 1. The lowest BCUT2D eigenvalue weighted by atomic mass is 10.2. The summed E-state index contributed by atoms with van der Waals surface area (Å²) in [4.78, 5) is 11.9. The highest BCUT2D eigenvalue weighted by molar-refractivity contribution is 5.91. The van der Waals surface area contributed by atoms with E-state index in [-0.39, 0.29) is 12.5 Å². The summed E-state index contributed by atoms with van der Waals surface area (Å²) in [6.45, 7) is -0.112. The van der Waals surface area contributed by atoms with Crippen LogP contribution in [-0.4, -0.2) is 12.5 Å². The third kappa shape index (κ3) is 4.86. The van der Waals surface area contributed by atoms with Gasteiger partial charge in [0, 0.05) is 5.69 Å². The molecule has 5 heteroatoms. The van der Waals surface area contributed by atoms with Gasteiger partial charge in [-0.1, -0.05) is 18.2 Å². The lowest BCUT2D eigenvalue weighted by Crippen LogP contribution is -2.20. The van der Waals surface area contributed by atoms with Crippen molar-refractivity contribution in [1.82, 2.24) is 0 Å². The summed E-state index contributed by atoms with van der Waals surface area (Å²) in [5.74, 6) is 1.73. The average molecular weight is 344 g/mol. The van der Waals surface area contributed by atoms with Crippen LogP contribution < -0.4 is 14.8 Å². The van der Waals surface area contributed by atoms with Gasteiger partial charge in [-0.15, -0.1) is 0 Å². The molecule has 0 aliphatic heterocycles. The van der Waals surface area contributed by atoms with E-state index in [0.717, 1.165) is 5.75 Å². The molecule has 0 heterocycles. The molecule has 0 radical (unpaired) electrons. The van der Waals surface area contributed by atoms with Gasteiger partial charge < -0.3 is 14.8 Å². The van der Waals surface area contributed by atoms with Crippen molar-refractivity contribution in [3.05, 3.63) is 84.4 Å². The van der Waals surface area contributed by atoms with E-state index >= 15 is 0 Å². The molecule has 0 saturated carbocycles. The van der Waals surface area contributed by atoms with Crippen LogP contribution in [-0.2, 0) is 4.79 Å². The molecular formula is C21H16N2O3. The Balaban J connectivity index is 1.49. The minimum Gasteiger partial charge on any atom is -0.484 e. The number of amides is 1.